The van der Waals surface area contributed by atoms with E-state index in [1.54, 1.807) is 7.11 Å². The molecule has 0 aliphatic heterocycles. The highest BCUT2D eigenvalue weighted by Gasteiger charge is 2.16. The highest BCUT2D eigenvalue weighted by molar-refractivity contribution is 5.78. The minimum absolute atomic E-state index is 0.0414. The Morgan fingerprint density at radius 1 is 1.44 bits per heavy atom. The number of nitrogens with two attached hydrogens (primary N) is 1. The van der Waals surface area contributed by atoms with Crippen molar-refractivity contribution in [3.8, 4) is 0 Å². The van der Waals surface area contributed by atoms with E-state index in [0.29, 0.717) is 13.2 Å². The molecule has 4 heteroatoms. The fraction of sp³-hybridized carbons (Fsp3) is 0.917. The second-order valence-corrected chi connectivity index (χ2v) is 4.28. The van der Waals surface area contributed by atoms with Gasteiger partial charge in [0.2, 0.25) is 5.91 Å². The Morgan fingerprint density at radius 2 is 2.12 bits per heavy atom. The third-order valence-corrected chi connectivity index (χ3v) is 2.64. The van der Waals surface area contributed by atoms with Gasteiger partial charge in [-0.3, -0.25) is 4.79 Å². The van der Waals surface area contributed by atoms with E-state index in [0.717, 1.165) is 25.7 Å². The zero-order valence-corrected chi connectivity index (χ0v) is 10.8. The lowest BCUT2D eigenvalue weighted by Crippen LogP contribution is -2.40. The standard InChI is InChI=1S/C12H26N2O2/c1-4-6-11(9-16-3)14-12(15)10(2)7-5-8-13/h10-11H,4-9,13H2,1-3H3,(H,14,15). The molecule has 0 fully saturated rings. The van der Waals surface area contributed by atoms with Crippen LogP contribution < -0.4 is 11.1 Å². The fourth-order valence-corrected chi connectivity index (χ4v) is 1.65. The molecule has 0 saturated heterocycles. The van der Waals surface area contributed by atoms with E-state index >= 15 is 0 Å². The van der Waals surface area contributed by atoms with Crippen molar-refractivity contribution in [2.75, 3.05) is 20.3 Å². The second-order valence-electron chi connectivity index (χ2n) is 4.28. The molecule has 0 spiro atoms. The van der Waals surface area contributed by atoms with Gasteiger partial charge in [0.05, 0.1) is 12.6 Å². The van der Waals surface area contributed by atoms with Crippen molar-refractivity contribution >= 4 is 5.91 Å². The molecule has 0 aromatic rings. The van der Waals surface area contributed by atoms with Crippen LogP contribution >= 0.6 is 0 Å². The average Bonchev–Trinajstić information content (AvgIpc) is 2.26. The van der Waals surface area contributed by atoms with Gasteiger partial charge < -0.3 is 15.8 Å². The fourth-order valence-electron chi connectivity index (χ4n) is 1.65. The first-order valence-electron chi connectivity index (χ1n) is 6.15. The number of hydrogen-bond acceptors (Lipinski definition) is 3. The second kappa shape index (κ2) is 9.60. The van der Waals surface area contributed by atoms with Crippen LogP contribution in [0.1, 0.15) is 39.5 Å². The van der Waals surface area contributed by atoms with Crippen LogP contribution in [0.5, 0.6) is 0 Å². The molecule has 1 amide bonds. The minimum atomic E-state index is 0.0414. The smallest absolute Gasteiger partial charge is 0.223 e. The molecule has 0 aromatic heterocycles. The minimum Gasteiger partial charge on any atom is -0.383 e. The van der Waals surface area contributed by atoms with Crippen LogP contribution in [0.15, 0.2) is 0 Å². The molecule has 3 N–H and O–H groups in total. The van der Waals surface area contributed by atoms with E-state index in [1.165, 1.54) is 0 Å². The molecule has 4 nitrogen and oxygen atoms in total. The van der Waals surface area contributed by atoms with Gasteiger partial charge in [-0.1, -0.05) is 20.3 Å². The molecule has 96 valence electrons. The van der Waals surface area contributed by atoms with E-state index in [-0.39, 0.29) is 17.9 Å². The summed E-state index contributed by atoms with van der Waals surface area (Å²) in [4.78, 5) is 11.8. The third-order valence-electron chi connectivity index (χ3n) is 2.64. The summed E-state index contributed by atoms with van der Waals surface area (Å²) in [6.07, 6.45) is 3.76. The van der Waals surface area contributed by atoms with Gasteiger partial charge in [0.15, 0.2) is 0 Å². The molecular formula is C12H26N2O2. The van der Waals surface area contributed by atoms with Crippen molar-refractivity contribution in [1.29, 1.82) is 0 Å². The van der Waals surface area contributed by atoms with Gasteiger partial charge in [-0.25, -0.2) is 0 Å². The zero-order valence-electron chi connectivity index (χ0n) is 10.8. The first-order valence-corrected chi connectivity index (χ1v) is 6.15. The molecule has 0 bridgehead atoms. The summed E-state index contributed by atoms with van der Waals surface area (Å²) in [5.74, 6) is 0.156. The molecule has 0 aliphatic carbocycles. The van der Waals surface area contributed by atoms with E-state index in [9.17, 15) is 4.79 Å². The van der Waals surface area contributed by atoms with Crippen molar-refractivity contribution in [2.45, 2.75) is 45.6 Å². The Labute approximate surface area is 98.9 Å². The van der Waals surface area contributed by atoms with Gasteiger partial charge in [-0.15, -0.1) is 0 Å². The van der Waals surface area contributed by atoms with E-state index < -0.39 is 0 Å². The Kier molecular flexibility index (Phi) is 9.24. The molecular weight excluding hydrogens is 204 g/mol. The Morgan fingerprint density at radius 3 is 2.62 bits per heavy atom. The quantitative estimate of drug-likeness (QED) is 0.627. The summed E-state index contributed by atoms with van der Waals surface area (Å²) in [6, 6.07) is 0.142. The van der Waals surface area contributed by atoms with E-state index in [1.807, 2.05) is 6.92 Å². The number of hydrogen-bond donors (Lipinski definition) is 2. The molecule has 0 heterocycles. The maximum absolute atomic E-state index is 11.8. The summed E-state index contributed by atoms with van der Waals surface area (Å²) < 4.78 is 5.08. The number of nitrogens with one attached hydrogen (secondary N) is 1. The summed E-state index contributed by atoms with van der Waals surface area (Å²) in [7, 11) is 1.66. The van der Waals surface area contributed by atoms with Crippen molar-refractivity contribution in [2.24, 2.45) is 11.7 Å². The number of methoxy groups -OCH3 is 1. The molecule has 2 atom stereocenters. The van der Waals surface area contributed by atoms with Crippen molar-refractivity contribution in [1.82, 2.24) is 5.32 Å². The molecule has 2 unspecified atom stereocenters. The van der Waals surface area contributed by atoms with Crippen LogP contribution in [0.3, 0.4) is 0 Å². The van der Waals surface area contributed by atoms with Crippen LogP contribution in [0.25, 0.3) is 0 Å². The molecule has 0 rings (SSSR count). The largest absolute Gasteiger partial charge is 0.383 e. The Hall–Kier alpha value is -0.610. The highest BCUT2D eigenvalue weighted by atomic mass is 16.5. The van der Waals surface area contributed by atoms with Gasteiger partial charge in [-0.05, 0) is 25.8 Å². The normalized spacial score (nSPS) is 14.5. The number of carbonyl (C=O) groups is 1. The lowest BCUT2D eigenvalue weighted by Gasteiger charge is -2.19. The summed E-state index contributed by atoms with van der Waals surface area (Å²) in [5.41, 5.74) is 5.42. The maximum Gasteiger partial charge on any atom is 0.223 e. The van der Waals surface area contributed by atoms with Gasteiger partial charge in [-0.2, -0.15) is 0 Å². The van der Waals surface area contributed by atoms with Gasteiger partial charge >= 0.3 is 0 Å². The van der Waals surface area contributed by atoms with Crippen molar-refractivity contribution < 1.29 is 9.53 Å². The summed E-state index contributed by atoms with van der Waals surface area (Å²) >= 11 is 0. The van der Waals surface area contributed by atoms with Crippen LogP contribution in [-0.4, -0.2) is 32.2 Å². The average molecular weight is 230 g/mol. The van der Waals surface area contributed by atoms with E-state index in [2.05, 4.69) is 12.2 Å². The Bertz CT molecular complexity index is 180. The van der Waals surface area contributed by atoms with E-state index in [4.69, 9.17) is 10.5 Å². The van der Waals surface area contributed by atoms with Crippen LogP contribution in [0.4, 0.5) is 0 Å². The number of amides is 1. The molecule has 0 saturated carbocycles. The summed E-state index contributed by atoms with van der Waals surface area (Å²) in [5, 5.41) is 3.02. The predicted molar refractivity (Wildman–Crippen MR) is 66.2 cm³/mol. The van der Waals surface area contributed by atoms with Gasteiger partial charge in [0, 0.05) is 13.0 Å². The first-order chi connectivity index (χ1) is 7.65. The van der Waals surface area contributed by atoms with Crippen LogP contribution in [0.2, 0.25) is 0 Å². The monoisotopic (exact) mass is 230 g/mol. The highest BCUT2D eigenvalue weighted by Crippen LogP contribution is 2.06. The van der Waals surface area contributed by atoms with Gasteiger partial charge in [0.1, 0.15) is 0 Å². The maximum atomic E-state index is 11.8. The molecule has 0 radical (unpaired) electrons. The van der Waals surface area contributed by atoms with Crippen molar-refractivity contribution in [3.05, 3.63) is 0 Å². The summed E-state index contributed by atoms with van der Waals surface area (Å²) in [6.45, 7) is 5.28. The Balaban J connectivity index is 3.96. The lowest BCUT2D eigenvalue weighted by molar-refractivity contribution is -0.125. The predicted octanol–water partition coefficient (Wildman–Crippen LogP) is 1.29. The molecule has 0 aromatic carbocycles. The number of carbonyl (C=O) groups excluding carboxylic acids is 1. The number of ether oxygens (including phenoxy) is 1. The third kappa shape index (κ3) is 6.80. The molecule has 0 aliphatic rings. The van der Waals surface area contributed by atoms with Gasteiger partial charge in [0.25, 0.3) is 0 Å². The number of rotatable bonds is 9. The molecule has 16 heavy (non-hydrogen) atoms. The SMILES string of the molecule is CCCC(COC)NC(=O)C(C)CCCN. The van der Waals surface area contributed by atoms with Crippen LogP contribution in [-0.2, 0) is 9.53 Å². The van der Waals surface area contributed by atoms with Crippen LogP contribution in [0, 0.1) is 5.92 Å². The first kappa shape index (κ1) is 15.4. The van der Waals surface area contributed by atoms with Crippen molar-refractivity contribution in [3.63, 3.8) is 0 Å². The topological polar surface area (TPSA) is 64.3 Å². The lowest BCUT2D eigenvalue weighted by atomic mass is 10.0. The zero-order chi connectivity index (χ0) is 12.4.